The molecule has 230 valence electrons. The van der Waals surface area contributed by atoms with Crippen LogP contribution < -0.4 is 0 Å². The predicted molar refractivity (Wildman–Crippen MR) is 200 cm³/mol. The van der Waals surface area contributed by atoms with Crippen LogP contribution in [0.25, 0.3) is 77.2 Å². The van der Waals surface area contributed by atoms with Gasteiger partial charge < -0.3 is 9.13 Å². The Morgan fingerprint density at radius 2 is 0.880 bits per heavy atom. The van der Waals surface area contributed by atoms with Gasteiger partial charge in [-0.25, -0.2) is 0 Å². The number of rotatable bonds is 4. The van der Waals surface area contributed by atoms with E-state index >= 15 is 0 Å². The highest BCUT2D eigenvalue weighted by Crippen LogP contribution is 2.39. The second-order valence-corrected chi connectivity index (χ2v) is 12.3. The van der Waals surface area contributed by atoms with Gasteiger partial charge in [-0.3, -0.25) is 0 Å². The maximum absolute atomic E-state index is 10.5. The Labute approximate surface area is 287 Å². The van der Waals surface area contributed by atoms with Gasteiger partial charge in [-0.1, -0.05) is 78.9 Å². The summed E-state index contributed by atoms with van der Waals surface area (Å²) in [6.07, 6.45) is 0. The van der Waals surface area contributed by atoms with Crippen molar-refractivity contribution in [3.05, 3.63) is 168 Å². The number of para-hydroxylation sites is 3. The molecule has 5 heteroatoms. The van der Waals surface area contributed by atoms with Gasteiger partial charge in [0.05, 0.1) is 62.3 Å². The molecule has 0 bridgehead atoms. The minimum absolute atomic E-state index is 0.539. The molecule has 9 aromatic rings. The summed E-state index contributed by atoms with van der Waals surface area (Å²) in [7, 11) is 0. The van der Waals surface area contributed by atoms with E-state index in [0.29, 0.717) is 16.7 Å². The molecule has 5 nitrogen and oxygen atoms in total. The van der Waals surface area contributed by atoms with Crippen LogP contribution in [0.5, 0.6) is 0 Å². The van der Waals surface area contributed by atoms with Crippen LogP contribution in [0, 0.1) is 34.0 Å². The zero-order valence-corrected chi connectivity index (χ0v) is 26.7. The first-order valence-electron chi connectivity index (χ1n) is 16.3. The summed E-state index contributed by atoms with van der Waals surface area (Å²) in [4.78, 5) is 0. The van der Waals surface area contributed by atoms with Crippen LogP contribution >= 0.6 is 0 Å². The van der Waals surface area contributed by atoms with Crippen LogP contribution in [0.15, 0.2) is 152 Å². The van der Waals surface area contributed by atoms with Crippen molar-refractivity contribution in [2.45, 2.75) is 0 Å². The van der Waals surface area contributed by atoms with Crippen LogP contribution in [0.4, 0.5) is 0 Å². The zero-order chi connectivity index (χ0) is 33.8. The Balaban J connectivity index is 1.20. The fraction of sp³-hybridized carbons (Fsp3) is 0. The third kappa shape index (κ3) is 4.38. The van der Waals surface area contributed by atoms with Crippen molar-refractivity contribution >= 4 is 43.6 Å². The van der Waals surface area contributed by atoms with E-state index in [1.807, 2.05) is 72.8 Å². The molecule has 0 atom stereocenters. The Kier molecular flexibility index (Phi) is 6.56. The Morgan fingerprint density at radius 1 is 0.360 bits per heavy atom. The molecule has 0 spiro atoms. The van der Waals surface area contributed by atoms with Crippen molar-refractivity contribution in [1.29, 1.82) is 15.8 Å². The topological polar surface area (TPSA) is 81.2 Å². The summed E-state index contributed by atoms with van der Waals surface area (Å²) in [6, 6.07) is 57.8. The van der Waals surface area contributed by atoms with E-state index in [4.69, 9.17) is 0 Å². The molecule has 0 unspecified atom stereocenters. The summed E-state index contributed by atoms with van der Waals surface area (Å²) in [5.41, 5.74) is 11.4. The molecule has 2 aromatic heterocycles. The van der Waals surface area contributed by atoms with E-state index in [1.165, 1.54) is 10.8 Å². The molecule has 0 saturated carbocycles. The molecule has 0 radical (unpaired) electrons. The summed E-state index contributed by atoms with van der Waals surface area (Å²) in [6.45, 7) is 0. The third-order valence-corrected chi connectivity index (χ3v) is 9.61. The highest BCUT2D eigenvalue weighted by Gasteiger charge is 2.18. The second kappa shape index (κ2) is 11.4. The van der Waals surface area contributed by atoms with Gasteiger partial charge in [0.2, 0.25) is 0 Å². The van der Waals surface area contributed by atoms with Crippen molar-refractivity contribution in [3.63, 3.8) is 0 Å². The molecular weight excluding hydrogens is 611 g/mol. The SMILES string of the molecule is N#Cc1ccc(-n2c3ccccc3c3ccccc32)c(-c2cccc(-c3ccc(-n4c5ccccc5c5cc(C#N)ccc54)c(C#N)c3)c2)c1. The molecule has 0 amide bonds. The largest absolute Gasteiger partial charge is 0.309 e. The van der Waals surface area contributed by atoms with E-state index < -0.39 is 0 Å². The lowest BCUT2D eigenvalue weighted by Gasteiger charge is -2.16. The van der Waals surface area contributed by atoms with Crippen molar-refractivity contribution in [1.82, 2.24) is 9.13 Å². The average Bonchev–Trinajstić information content (AvgIpc) is 3.70. The van der Waals surface area contributed by atoms with Crippen LogP contribution in [0.3, 0.4) is 0 Å². The first kappa shape index (κ1) is 28.8. The molecule has 0 aliphatic carbocycles. The monoisotopic (exact) mass is 635 g/mol. The number of nitriles is 3. The van der Waals surface area contributed by atoms with E-state index in [0.717, 1.165) is 66.5 Å². The minimum atomic E-state index is 0.539. The number of benzene rings is 7. The summed E-state index contributed by atoms with van der Waals surface area (Å²) < 4.78 is 4.39. The third-order valence-electron chi connectivity index (χ3n) is 9.61. The van der Waals surface area contributed by atoms with Crippen LogP contribution in [0.2, 0.25) is 0 Å². The van der Waals surface area contributed by atoms with Crippen LogP contribution in [-0.2, 0) is 0 Å². The lowest BCUT2D eigenvalue weighted by molar-refractivity contribution is 1.17. The highest BCUT2D eigenvalue weighted by molar-refractivity contribution is 6.11. The van der Waals surface area contributed by atoms with Gasteiger partial charge in [0.15, 0.2) is 0 Å². The highest BCUT2D eigenvalue weighted by atomic mass is 15.0. The second-order valence-electron chi connectivity index (χ2n) is 12.3. The molecule has 0 fully saturated rings. The lowest BCUT2D eigenvalue weighted by atomic mass is 9.95. The normalized spacial score (nSPS) is 11.1. The maximum atomic E-state index is 10.5. The molecule has 50 heavy (non-hydrogen) atoms. The minimum Gasteiger partial charge on any atom is -0.309 e. The van der Waals surface area contributed by atoms with E-state index in [1.54, 1.807) is 0 Å². The van der Waals surface area contributed by atoms with Gasteiger partial charge in [0.1, 0.15) is 6.07 Å². The standard InChI is InChI=1S/C45H25N5/c46-26-29-16-19-44(50-41-13-4-1-10-35(41)36-11-2-5-14-42(36)50)38(22-29)33-9-7-8-31(24-33)32-18-21-40(34(25-32)28-48)49-43-15-6-3-12-37(43)39-23-30(27-47)17-20-45(39)49/h1-25H. The quantitative estimate of drug-likeness (QED) is 0.193. The fourth-order valence-corrected chi connectivity index (χ4v) is 7.38. The fourth-order valence-electron chi connectivity index (χ4n) is 7.38. The first-order valence-corrected chi connectivity index (χ1v) is 16.3. The van der Waals surface area contributed by atoms with E-state index in [2.05, 4.69) is 106 Å². The number of aromatic nitrogens is 2. The molecule has 0 aliphatic rings. The maximum Gasteiger partial charge on any atom is 0.101 e. The zero-order valence-electron chi connectivity index (χ0n) is 26.7. The molecule has 0 saturated heterocycles. The van der Waals surface area contributed by atoms with Gasteiger partial charge in [-0.2, -0.15) is 15.8 Å². The van der Waals surface area contributed by atoms with Gasteiger partial charge in [-0.05, 0) is 89.5 Å². The van der Waals surface area contributed by atoms with Crippen molar-refractivity contribution in [3.8, 4) is 51.8 Å². The summed E-state index contributed by atoms with van der Waals surface area (Å²) in [5.74, 6) is 0. The predicted octanol–water partition coefficient (Wildman–Crippen LogP) is 10.8. The molecule has 0 aliphatic heterocycles. The molecule has 9 rings (SSSR count). The lowest BCUT2D eigenvalue weighted by Crippen LogP contribution is -1.99. The van der Waals surface area contributed by atoms with Gasteiger partial charge in [0.25, 0.3) is 0 Å². The van der Waals surface area contributed by atoms with Crippen molar-refractivity contribution in [2.24, 2.45) is 0 Å². The number of hydrogen-bond donors (Lipinski definition) is 0. The Hall–Kier alpha value is -7.39. The summed E-state index contributed by atoms with van der Waals surface area (Å²) in [5, 5.41) is 34.3. The molecule has 7 aromatic carbocycles. The van der Waals surface area contributed by atoms with E-state index in [9.17, 15) is 15.8 Å². The van der Waals surface area contributed by atoms with Gasteiger partial charge in [-0.15, -0.1) is 0 Å². The van der Waals surface area contributed by atoms with Gasteiger partial charge in [0, 0.05) is 27.1 Å². The molecule has 0 N–H and O–H groups in total. The van der Waals surface area contributed by atoms with Crippen molar-refractivity contribution < 1.29 is 0 Å². The average molecular weight is 636 g/mol. The Morgan fingerprint density at radius 3 is 1.54 bits per heavy atom. The first-order chi connectivity index (χ1) is 24.7. The summed E-state index contributed by atoms with van der Waals surface area (Å²) >= 11 is 0. The van der Waals surface area contributed by atoms with Crippen LogP contribution in [0.1, 0.15) is 16.7 Å². The van der Waals surface area contributed by atoms with Gasteiger partial charge >= 0.3 is 0 Å². The van der Waals surface area contributed by atoms with E-state index in [-0.39, 0.29) is 0 Å². The van der Waals surface area contributed by atoms with Crippen LogP contribution in [-0.4, -0.2) is 9.13 Å². The Bertz CT molecular complexity index is 2920. The number of nitrogens with zero attached hydrogens (tertiary/aromatic N) is 5. The van der Waals surface area contributed by atoms with Crippen molar-refractivity contribution in [2.75, 3.05) is 0 Å². The number of hydrogen-bond acceptors (Lipinski definition) is 3. The smallest absolute Gasteiger partial charge is 0.101 e. The molecular formula is C45H25N5. The number of fused-ring (bicyclic) bond motifs is 6. The molecule has 2 heterocycles.